The van der Waals surface area contributed by atoms with Crippen molar-refractivity contribution in [3.05, 3.63) is 58.9 Å². The van der Waals surface area contributed by atoms with Crippen LogP contribution in [0.4, 0.5) is 0 Å². The molecule has 4 aromatic rings. The highest BCUT2D eigenvalue weighted by atomic mass is 32.1. The average Bonchev–Trinajstić information content (AvgIpc) is 3.30. The number of aromatic nitrogens is 2. The molecule has 32 heavy (non-hydrogen) atoms. The summed E-state index contributed by atoms with van der Waals surface area (Å²) in [5.41, 5.74) is 0.989. The molecule has 9 heteroatoms. The van der Waals surface area contributed by atoms with Gasteiger partial charge in [-0.05, 0) is 42.1 Å². The maximum atomic E-state index is 12.5. The fraction of sp³-hybridized carbons (Fsp3) is 0.174. The van der Waals surface area contributed by atoms with Crippen molar-refractivity contribution in [2.75, 3.05) is 13.7 Å². The number of hydrogen-bond donors (Lipinski definition) is 2. The van der Waals surface area contributed by atoms with Crippen LogP contribution in [0.2, 0.25) is 0 Å². The summed E-state index contributed by atoms with van der Waals surface area (Å²) in [7, 11) is 1.20. The molecule has 0 unspecified atom stereocenters. The Morgan fingerprint density at radius 3 is 2.69 bits per heavy atom. The molecule has 0 radical (unpaired) electrons. The summed E-state index contributed by atoms with van der Waals surface area (Å²) in [5.74, 6) is -2.36. The number of carbonyl (C=O) groups is 3. The summed E-state index contributed by atoms with van der Waals surface area (Å²) in [6.45, 7) is 2.38. The number of carbonyl (C=O) groups excluding carboxylic acids is 2. The molecule has 1 aromatic carbocycles. The van der Waals surface area contributed by atoms with Gasteiger partial charge in [0.1, 0.15) is 5.69 Å². The highest BCUT2D eigenvalue weighted by Gasteiger charge is 2.23. The van der Waals surface area contributed by atoms with Crippen LogP contribution in [0, 0.1) is 0 Å². The van der Waals surface area contributed by atoms with Gasteiger partial charge in [-0.15, -0.1) is 11.3 Å². The van der Waals surface area contributed by atoms with Crippen molar-refractivity contribution in [1.82, 2.24) is 15.3 Å². The summed E-state index contributed by atoms with van der Waals surface area (Å²) in [5, 5.41) is 16.2. The van der Waals surface area contributed by atoms with Crippen LogP contribution in [0.3, 0.4) is 0 Å². The normalized spacial score (nSPS) is 10.9. The van der Waals surface area contributed by atoms with Crippen LogP contribution in [-0.2, 0) is 4.74 Å². The van der Waals surface area contributed by atoms with Gasteiger partial charge in [0.05, 0.1) is 18.2 Å². The van der Waals surface area contributed by atoms with Crippen LogP contribution in [0.25, 0.3) is 32.1 Å². The summed E-state index contributed by atoms with van der Waals surface area (Å²) >= 11 is 1.50. The molecule has 1 amide bonds. The molecular formula is C23H19N3O5S. The van der Waals surface area contributed by atoms with Crippen LogP contribution < -0.4 is 5.32 Å². The van der Waals surface area contributed by atoms with Crippen LogP contribution >= 0.6 is 11.3 Å². The fourth-order valence-electron chi connectivity index (χ4n) is 3.44. The van der Waals surface area contributed by atoms with E-state index in [1.165, 1.54) is 30.6 Å². The molecule has 2 N–H and O–H groups in total. The van der Waals surface area contributed by atoms with Crippen molar-refractivity contribution in [1.29, 1.82) is 0 Å². The first-order valence-electron chi connectivity index (χ1n) is 9.85. The lowest BCUT2D eigenvalue weighted by molar-refractivity contribution is 0.0593. The Morgan fingerprint density at radius 2 is 1.97 bits per heavy atom. The molecule has 0 bridgehead atoms. The predicted molar refractivity (Wildman–Crippen MR) is 121 cm³/mol. The number of amides is 1. The van der Waals surface area contributed by atoms with E-state index in [0.717, 1.165) is 16.5 Å². The topological polar surface area (TPSA) is 118 Å². The van der Waals surface area contributed by atoms with E-state index in [4.69, 9.17) is 4.74 Å². The lowest BCUT2D eigenvalue weighted by atomic mass is 9.95. The number of nitrogens with one attached hydrogen (secondary N) is 1. The molecule has 0 aliphatic rings. The predicted octanol–water partition coefficient (Wildman–Crippen LogP) is 4.14. The van der Waals surface area contributed by atoms with E-state index in [9.17, 15) is 19.5 Å². The van der Waals surface area contributed by atoms with Crippen LogP contribution in [0.1, 0.15) is 44.7 Å². The number of ether oxygens (including phenoxy) is 1. The minimum atomic E-state index is -1.16. The molecule has 0 aliphatic heterocycles. The molecule has 0 atom stereocenters. The molecule has 162 valence electrons. The van der Waals surface area contributed by atoms with Gasteiger partial charge >= 0.3 is 11.9 Å². The molecule has 0 aliphatic carbocycles. The maximum Gasteiger partial charge on any atom is 0.357 e. The van der Waals surface area contributed by atoms with E-state index < -0.39 is 17.8 Å². The number of pyridine rings is 2. The van der Waals surface area contributed by atoms with Crippen molar-refractivity contribution in [3.8, 4) is 11.1 Å². The molecule has 0 spiro atoms. The van der Waals surface area contributed by atoms with E-state index in [-0.39, 0.29) is 28.1 Å². The number of carboxylic acids is 1. The molecule has 3 aromatic heterocycles. The monoisotopic (exact) mass is 449 g/mol. The lowest BCUT2D eigenvalue weighted by Gasteiger charge is -2.13. The average molecular weight is 449 g/mol. The van der Waals surface area contributed by atoms with Gasteiger partial charge in [-0.1, -0.05) is 6.92 Å². The van der Waals surface area contributed by atoms with Crippen molar-refractivity contribution in [2.45, 2.75) is 13.3 Å². The smallest absolute Gasteiger partial charge is 0.357 e. The van der Waals surface area contributed by atoms with Gasteiger partial charge in [0.25, 0.3) is 5.91 Å². The zero-order valence-corrected chi connectivity index (χ0v) is 18.2. The third-order valence-corrected chi connectivity index (χ3v) is 5.95. The third-order valence-electron chi connectivity index (χ3n) is 4.98. The highest BCUT2D eigenvalue weighted by molar-refractivity contribution is 7.18. The van der Waals surface area contributed by atoms with Gasteiger partial charge in [0.2, 0.25) is 0 Å². The van der Waals surface area contributed by atoms with Crippen molar-refractivity contribution >= 4 is 50.2 Å². The Kier molecular flexibility index (Phi) is 5.83. The maximum absolute atomic E-state index is 12.5. The van der Waals surface area contributed by atoms with E-state index in [0.29, 0.717) is 17.4 Å². The molecular weight excluding hydrogens is 430 g/mol. The summed E-state index contributed by atoms with van der Waals surface area (Å²) < 4.78 is 5.78. The van der Waals surface area contributed by atoms with Gasteiger partial charge in [-0.2, -0.15) is 0 Å². The fourth-order valence-corrected chi connectivity index (χ4v) is 4.34. The first-order chi connectivity index (χ1) is 15.4. The SMILES string of the molecule is CCCNC(=O)c1ccc(-c2cc3ncc4ccsc4c3cc2C(=O)O)c(C(=O)OC)n1. The minimum absolute atomic E-state index is 0.00432. The Morgan fingerprint density at radius 1 is 1.16 bits per heavy atom. The number of hydrogen-bond acceptors (Lipinski definition) is 7. The molecule has 0 fully saturated rings. The Hall–Kier alpha value is -3.85. The van der Waals surface area contributed by atoms with Gasteiger partial charge in [0.15, 0.2) is 5.69 Å². The number of rotatable bonds is 6. The Bertz CT molecular complexity index is 1380. The highest BCUT2D eigenvalue weighted by Crippen LogP contribution is 2.35. The Labute approximate surface area is 186 Å². The minimum Gasteiger partial charge on any atom is -0.478 e. The first kappa shape index (κ1) is 21.4. The van der Waals surface area contributed by atoms with E-state index in [1.54, 1.807) is 18.3 Å². The quantitative estimate of drug-likeness (QED) is 0.425. The van der Waals surface area contributed by atoms with Crippen LogP contribution in [-0.4, -0.2) is 46.6 Å². The van der Waals surface area contributed by atoms with Crippen LogP contribution in [0.5, 0.6) is 0 Å². The molecule has 0 saturated heterocycles. The number of nitrogens with zero attached hydrogens (tertiary/aromatic N) is 2. The molecule has 4 rings (SSSR count). The van der Waals surface area contributed by atoms with E-state index in [2.05, 4.69) is 15.3 Å². The van der Waals surface area contributed by atoms with Gasteiger partial charge in [-0.3, -0.25) is 9.78 Å². The first-order valence-corrected chi connectivity index (χ1v) is 10.7. The number of methoxy groups -OCH3 is 1. The zero-order valence-electron chi connectivity index (χ0n) is 17.3. The summed E-state index contributed by atoms with van der Waals surface area (Å²) in [6, 6.07) is 8.07. The molecule has 3 heterocycles. The number of aromatic carboxylic acids is 1. The van der Waals surface area contributed by atoms with Gasteiger partial charge in [-0.25, -0.2) is 14.6 Å². The van der Waals surface area contributed by atoms with Gasteiger partial charge < -0.3 is 15.2 Å². The van der Waals surface area contributed by atoms with E-state index >= 15 is 0 Å². The number of fused-ring (bicyclic) bond motifs is 3. The third kappa shape index (κ3) is 3.78. The zero-order chi connectivity index (χ0) is 22.8. The van der Waals surface area contributed by atoms with Crippen molar-refractivity contribution < 1.29 is 24.2 Å². The van der Waals surface area contributed by atoms with E-state index in [1.807, 2.05) is 18.4 Å². The second-order valence-corrected chi connectivity index (χ2v) is 7.94. The largest absolute Gasteiger partial charge is 0.478 e. The van der Waals surface area contributed by atoms with Crippen molar-refractivity contribution in [2.24, 2.45) is 0 Å². The molecule has 0 saturated carbocycles. The van der Waals surface area contributed by atoms with Crippen LogP contribution in [0.15, 0.2) is 41.9 Å². The number of benzene rings is 1. The summed E-state index contributed by atoms with van der Waals surface area (Å²) in [6.07, 6.45) is 2.47. The van der Waals surface area contributed by atoms with Gasteiger partial charge in [0, 0.05) is 39.3 Å². The molecule has 8 nitrogen and oxygen atoms in total. The van der Waals surface area contributed by atoms with Crippen molar-refractivity contribution in [3.63, 3.8) is 0 Å². The second-order valence-electron chi connectivity index (χ2n) is 7.02. The summed E-state index contributed by atoms with van der Waals surface area (Å²) in [4.78, 5) is 45.6. The Balaban J connectivity index is 1.94. The lowest BCUT2D eigenvalue weighted by Crippen LogP contribution is -2.25. The standard InChI is InChI=1S/C23H19N3O5S/c1-3-7-24-21(27)17-5-4-13(19(26-17)23(30)31-2)14-10-18-16(9-15(14)22(28)29)20-12(11-25-18)6-8-32-20/h4-6,8-11H,3,7H2,1-2H3,(H,24,27)(H,28,29). The second kappa shape index (κ2) is 8.72. The number of carboxylic acid groups (broad SMARTS) is 1. The number of esters is 1. The number of thiophene rings is 1.